The Morgan fingerprint density at radius 3 is 2.60 bits per heavy atom. The average molecular weight is 492 g/mol. The summed E-state index contributed by atoms with van der Waals surface area (Å²) in [7, 11) is 0. The van der Waals surface area contributed by atoms with Crippen molar-refractivity contribution in [3.05, 3.63) is 65.5 Å². The Hall–Kier alpha value is -3.26. The molecule has 0 N–H and O–H groups in total. The number of piperidine rings is 1. The van der Waals surface area contributed by atoms with E-state index in [-0.39, 0.29) is 17.6 Å². The molecule has 0 bridgehead atoms. The van der Waals surface area contributed by atoms with Gasteiger partial charge in [0.05, 0.1) is 11.4 Å². The van der Waals surface area contributed by atoms with E-state index < -0.39 is 0 Å². The summed E-state index contributed by atoms with van der Waals surface area (Å²) < 4.78 is 13.2. The van der Waals surface area contributed by atoms with E-state index in [1.165, 1.54) is 17.3 Å². The fourth-order valence-corrected chi connectivity index (χ4v) is 5.47. The smallest absolute Gasteiger partial charge is 0.233 e. The lowest BCUT2D eigenvalue weighted by atomic mass is 9.88. The Labute approximate surface area is 209 Å². The molecule has 2 aromatic carbocycles. The number of imidazole rings is 1. The molecule has 182 valence electrons. The Balaban J connectivity index is 1.16. The number of thioether (sulfide) groups is 1. The van der Waals surface area contributed by atoms with Crippen LogP contribution >= 0.6 is 11.8 Å². The molecule has 2 aliphatic heterocycles. The summed E-state index contributed by atoms with van der Waals surface area (Å²) in [6.07, 6.45) is 5.04. The van der Waals surface area contributed by atoms with E-state index in [0.29, 0.717) is 62.0 Å². The van der Waals surface area contributed by atoms with Crippen molar-refractivity contribution >= 4 is 23.5 Å². The van der Waals surface area contributed by atoms with Crippen LogP contribution in [-0.4, -0.2) is 58.2 Å². The molecule has 3 heterocycles. The van der Waals surface area contributed by atoms with E-state index >= 15 is 0 Å². The number of nitrogens with zero attached hydrogens (tertiary/aromatic N) is 3. The van der Waals surface area contributed by atoms with Crippen molar-refractivity contribution in [2.45, 2.75) is 31.8 Å². The maximum absolute atomic E-state index is 13.1. The zero-order chi connectivity index (χ0) is 24.4. The quantitative estimate of drug-likeness (QED) is 0.374. The first-order valence-corrected chi connectivity index (χ1v) is 12.9. The van der Waals surface area contributed by atoms with Crippen molar-refractivity contribution < 1.29 is 19.1 Å². The summed E-state index contributed by atoms with van der Waals surface area (Å²) in [6, 6.07) is 11.7. The minimum Gasteiger partial charge on any atom is -0.486 e. The van der Waals surface area contributed by atoms with Gasteiger partial charge in [0.15, 0.2) is 22.4 Å². The molecule has 0 spiro atoms. The highest BCUT2D eigenvalue weighted by molar-refractivity contribution is 7.99. The van der Waals surface area contributed by atoms with Crippen molar-refractivity contribution in [3.63, 3.8) is 0 Å². The first-order chi connectivity index (χ1) is 17.0. The van der Waals surface area contributed by atoms with Gasteiger partial charge in [0.1, 0.15) is 13.2 Å². The van der Waals surface area contributed by atoms with E-state index in [4.69, 9.17) is 9.47 Å². The molecule has 0 aliphatic carbocycles. The maximum atomic E-state index is 13.1. The van der Waals surface area contributed by atoms with Gasteiger partial charge in [-0.05, 0) is 62.1 Å². The summed E-state index contributed by atoms with van der Waals surface area (Å²) in [4.78, 5) is 32.3. The summed E-state index contributed by atoms with van der Waals surface area (Å²) in [5.41, 5.74) is 4.07. The number of amides is 1. The molecule has 1 fully saturated rings. The van der Waals surface area contributed by atoms with Gasteiger partial charge in [-0.15, -0.1) is 0 Å². The van der Waals surface area contributed by atoms with Crippen LogP contribution in [0.4, 0.5) is 0 Å². The molecule has 5 rings (SSSR count). The van der Waals surface area contributed by atoms with Gasteiger partial charge < -0.3 is 14.4 Å². The molecule has 1 amide bonds. The molecule has 0 unspecified atom stereocenters. The number of aryl methyl sites for hydroxylation is 2. The zero-order valence-electron chi connectivity index (χ0n) is 20.0. The molecule has 35 heavy (non-hydrogen) atoms. The standard InChI is InChI=1S/C27H29N3O4S/c1-18-3-4-19(2)22(15-18)30-12-9-28-27(30)35-17-25(31)29-10-7-20(8-11-29)26(32)21-5-6-23-24(16-21)34-14-13-33-23/h3-6,9,12,15-16,20H,7-8,10-11,13-14,17H2,1-2H3. The predicted octanol–water partition coefficient (Wildman–Crippen LogP) is 4.47. The second-order valence-corrected chi connectivity index (χ2v) is 9.98. The third kappa shape index (κ3) is 5.07. The zero-order valence-corrected chi connectivity index (χ0v) is 20.8. The topological polar surface area (TPSA) is 73.7 Å². The number of aromatic nitrogens is 2. The fourth-order valence-electron chi connectivity index (χ4n) is 4.60. The van der Waals surface area contributed by atoms with Gasteiger partial charge in [-0.3, -0.25) is 14.2 Å². The SMILES string of the molecule is Cc1ccc(C)c(-n2ccnc2SCC(=O)N2CCC(C(=O)c3ccc4c(c3)OCCO4)CC2)c1. The van der Waals surface area contributed by atoms with Gasteiger partial charge in [0, 0.05) is 37.0 Å². The summed E-state index contributed by atoms with van der Waals surface area (Å²) in [6.45, 7) is 6.34. The first-order valence-electron chi connectivity index (χ1n) is 11.9. The number of fused-ring (bicyclic) bond motifs is 1. The number of ether oxygens (including phenoxy) is 2. The summed E-state index contributed by atoms with van der Waals surface area (Å²) >= 11 is 1.45. The number of Topliss-reactive ketones (excluding diaryl/α,β-unsaturated/α-hetero) is 1. The number of hydrogen-bond acceptors (Lipinski definition) is 6. The van der Waals surface area contributed by atoms with E-state index in [0.717, 1.165) is 16.4 Å². The molecule has 8 heteroatoms. The van der Waals surface area contributed by atoms with E-state index in [9.17, 15) is 9.59 Å². The summed E-state index contributed by atoms with van der Waals surface area (Å²) in [5, 5.41) is 0.802. The molecule has 3 aromatic rings. The Morgan fingerprint density at radius 1 is 1.03 bits per heavy atom. The lowest BCUT2D eigenvalue weighted by Gasteiger charge is -2.31. The number of rotatable bonds is 6. The number of carbonyl (C=O) groups excluding carboxylic acids is 2. The van der Waals surface area contributed by atoms with Crippen LogP contribution in [0.5, 0.6) is 11.5 Å². The van der Waals surface area contributed by atoms with Crippen LogP contribution in [0.1, 0.15) is 34.3 Å². The fraction of sp³-hybridized carbons (Fsp3) is 0.370. The van der Waals surface area contributed by atoms with Crippen molar-refractivity contribution in [3.8, 4) is 17.2 Å². The highest BCUT2D eigenvalue weighted by atomic mass is 32.2. The minimum absolute atomic E-state index is 0.0794. The maximum Gasteiger partial charge on any atom is 0.233 e. The number of carbonyl (C=O) groups is 2. The van der Waals surface area contributed by atoms with Gasteiger partial charge >= 0.3 is 0 Å². The van der Waals surface area contributed by atoms with Gasteiger partial charge in [0.25, 0.3) is 0 Å². The van der Waals surface area contributed by atoms with Gasteiger partial charge in [-0.25, -0.2) is 4.98 Å². The van der Waals surface area contributed by atoms with Crippen LogP contribution in [-0.2, 0) is 4.79 Å². The largest absolute Gasteiger partial charge is 0.486 e. The molecule has 2 aliphatic rings. The molecule has 0 saturated carbocycles. The highest BCUT2D eigenvalue weighted by Crippen LogP contribution is 2.33. The highest BCUT2D eigenvalue weighted by Gasteiger charge is 2.29. The first kappa shape index (κ1) is 23.5. The third-order valence-corrected chi connectivity index (χ3v) is 7.55. The second-order valence-electron chi connectivity index (χ2n) is 9.04. The van der Waals surface area contributed by atoms with Crippen LogP contribution in [0, 0.1) is 19.8 Å². The Kier molecular flexibility index (Phi) is 6.81. The molecular weight excluding hydrogens is 462 g/mol. The van der Waals surface area contributed by atoms with E-state index in [1.807, 2.05) is 21.7 Å². The molecule has 1 aromatic heterocycles. The predicted molar refractivity (Wildman–Crippen MR) is 135 cm³/mol. The molecule has 0 atom stereocenters. The Bertz CT molecular complexity index is 1250. The second kappa shape index (κ2) is 10.2. The number of benzene rings is 2. The van der Waals surface area contributed by atoms with Gasteiger partial charge in [-0.2, -0.15) is 0 Å². The molecule has 1 saturated heterocycles. The van der Waals surface area contributed by atoms with Crippen molar-refractivity contribution in [2.75, 3.05) is 32.1 Å². The normalized spacial score (nSPS) is 15.8. The van der Waals surface area contributed by atoms with Crippen LogP contribution in [0.3, 0.4) is 0 Å². The van der Waals surface area contributed by atoms with Crippen molar-refractivity contribution in [1.82, 2.24) is 14.5 Å². The third-order valence-electron chi connectivity index (χ3n) is 6.60. The molecule has 0 radical (unpaired) electrons. The number of hydrogen-bond donors (Lipinski definition) is 0. The van der Waals surface area contributed by atoms with Gasteiger partial charge in [-0.1, -0.05) is 23.9 Å². The van der Waals surface area contributed by atoms with Crippen molar-refractivity contribution in [1.29, 1.82) is 0 Å². The van der Waals surface area contributed by atoms with E-state index in [1.54, 1.807) is 18.3 Å². The lowest BCUT2D eigenvalue weighted by Crippen LogP contribution is -2.41. The number of ketones is 1. The van der Waals surface area contributed by atoms with Crippen LogP contribution in [0.2, 0.25) is 0 Å². The van der Waals surface area contributed by atoms with Crippen molar-refractivity contribution in [2.24, 2.45) is 5.92 Å². The number of likely N-dealkylation sites (tertiary alicyclic amines) is 1. The molecular formula is C27H29N3O4S. The van der Waals surface area contributed by atoms with Gasteiger partial charge in [0.2, 0.25) is 5.91 Å². The Morgan fingerprint density at radius 2 is 1.80 bits per heavy atom. The lowest BCUT2D eigenvalue weighted by molar-refractivity contribution is -0.129. The monoisotopic (exact) mass is 491 g/mol. The summed E-state index contributed by atoms with van der Waals surface area (Å²) in [5.74, 6) is 1.74. The van der Waals surface area contributed by atoms with Crippen LogP contribution < -0.4 is 9.47 Å². The molecule has 7 nitrogen and oxygen atoms in total. The van der Waals surface area contributed by atoms with E-state index in [2.05, 4.69) is 37.0 Å². The minimum atomic E-state index is -0.0857. The van der Waals surface area contributed by atoms with Crippen LogP contribution in [0.15, 0.2) is 53.9 Å². The van der Waals surface area contributed by atoms with Crippen LogP contribution in [0.25, 0.3) is 5.69 Å². The average Bonchev–Trinajstić information content (AvgIpc) is 3.36.